The van der Waals surface area contributed by atoms with Crippen LogP contribution in [0.5, 0.6) is 5.75 Å². The number of halogens is 1. The van der Waals surface area contributed by atoms with Crippen molar-refractivity contribution in [2.75, 3.05) is 17.7 Å². The molecular formula is C16H17BrN2O2. The largest absolute Gasteiger partial charge is 0.492 e. The highest BCUT2D eigenvalue weighted by Gasteiger charge is 2.05. The molecule has 0 saturated carbocycles. The number of nitrogens with two attached hydrogens (primary N) is 1. The van der Waals surface area contributed by atoms with Crippen LogP contribution in [-0.4, -0.2) is 12.5 Å². The van der Waals surface area contributed by atoms with Crippen LogP contribution < -0.4 is 15.8 Å². The van der Waals surface area contributed by atoms with Crippen molar-refractivity contribution in [3.05, 3.63) is 52.5 Å². The summed E-state index contributed by atoms with van der Waals surface area (Å²) >= 11 is 3.44. The number of carbonyl (C=O) groups is 1. The fraction of sp³-hybridized carbons (Fsp3) is 0.188. The molecule has 0 aromatic heterocycles. The number of hydrogen-bond donors (Lipinski definition) is 2. The lowest BCUT2D eigenvalue weighted by atomic mass is 10.2. The van der Waals surface area contributed by atoms with Gasteiger partial charge in [-0.3, -0.25) is 4.79 Å². The third-order valence-electron chi connectivity index (χ3n) is 2.84. The first-order chi connectivity index (χ1) is 10.0. The second kappa shape index (κ2) is 7.13. The number of nitrogen functional groups attached to an aromatic ring is 1. The first-order valence-electron chi connectivity index (χ1n) is 6.59. The van der Waals surface area contributed by atoms with E-state index in [1.807, 2.05) is 25.1 Å². The summed E-state index contributed by atoms with van der Waals surface area (Å²) in [5.41, 5.74) is 8.11. The number of hydrogen-bond acceptors (Lipinski definition) is 3. The quantitative estimate of drug-likeness (QED) is 0.808. The molecule has 2 aromatic carbocycles. The number of nitrogens with one attached hydrogen (secondary N) is 1. The molecular weight excluding hydrogens is 332 g/mol. The lowest BCUT2D eigenvalue weighted by Gasteiger charge is -2.09. The van der Waals surface area contributed by atoms with Crippen LogP contribution in [0.25, 0.3) is 0 Å². The molecule has 0 bridgehead atoms. The number of amides is 1. The van der Waals surface area contributed by atoms with Crippen molar-refractivity contribution >= 4 is 33.2 Å². The van der Waals surface area contributed by atoms with E-state index in [9.17, 15) is 4.79 Å². The topological polar surface area (TPSA) is 64.3 Å². The van der Waals surface area contributed by atoms with Gasteiger partial charge in [-0.2, -0.15) is 0 Å². The van der Waals surface area contributed by atoms with Gasteiger partial charge >= 0.3 is 0 Å². The number of anilines is 2. The van der Waals surface area contributed by atoms with Crippen molar-refractivity contribution in [1.82, 2.24) is 0 Å². The Morgan fingerprint density at radius 2 is 2.10 bits per heavy atom. The smallest absolute Gasteiger partial charge is 0.227 e. The molecule has 3 N–H and O–H groups in total. The minimum absolute atomic E-state index is 0.108. The van der Waals surface area contributed by atoms with Gasteiger partial charge in [-0.15, -0.1) is 0 Å². The van der Waals surface area contributed by atoms with Crippen molar-refractivity contribution < 1.29 is 9.53 Å². The molecule has 21 heavy (non-hydrogen) atoms. The Kier molecular flexibility index (Phi) is 5.22. The van der Waals surface area contributed by atoms with Gasteiger partial charge in [0.1, 0.15) is 5.75 Å². The Morgan fingerprint density at radius 3 is 2.81 bits per heavy atom. The number of aryl methyl sites for hydroxylation is 1. The Labute approximate surface area is 132 Å². The van der Waals surface area contributed by atoms with Gasteiger partial charge < -0.3 is 15.8 Å². The average molecular weight is 349 g/mol. The molecule has 5 heteroatoms. The standard InChI is InChI=1S/C16H17BrN2O2/c1-11-5-6-15(14(17)9-11)21-8-7-16(20)19-13-4-2-3-12(18)10-13/h2-6,9-10H,7-8,18H2,1H3,(H,19,20). The molecule has 0 aliphatic heterocycles. The molecule has 110 valence electrons. The van der Waals surface area contributed by atoms with Crippen LogP contribution in [-0.2, 0) is 4.79 Å². The van der Waals surface area contributed by atoms with Crippen LogP contribution in [0.1, 0.15) is 12.0 Å². The van der Waals surface area contributed by atoms with Crippen LogP contribution >= 0.6 is 15.9 Å². The monoisotopic (exact) mass is 348 g/mol. The van der Waals surface area contributed by atoms with Crippen molar-refractivity contribution in [1.29, 1.82) is 0 Å². The number of benzene rings is 2. The Hall–Kier alpha value is -2.01. The van der Waals surface area contributed by atoms with Gasteiger partial charge in [0, 0.05) is 11.4 Å². The molecule has 0 aliphatic rings. The maximum atomic E-state index is 11.8. The molecule has 1 amide bonds. The lowest BCUT2D eigenvalue weighted by molar-refractivity contribution is -0.116. The van der Waals surface area contributed by atoms with Crippen molar-refractivity contribution in [3.8, 4) is 5.75 Å². The molecule has 4 nitrogen and oxygen atoms in total. The van der Waals surface area contributed by atoms with E-state index < -0.39 is 0 Å². The van der Waals surface area contributed by atoms with Crippen molar-refractivity contribution in [3.63, 3.8) is 0 Å². The summed E-state index contributed by atoms with van der Waals surface area (Å²) in [5, 5.41) is 2.78. The van der Waals surface area contributed by atoms with E-state index in [0.29, 0.717) is 18.0 Å². The molecule has 0 atom stereocenters. The molecule has 0 radical (unpaired) electrons. The minimum atomic E-state index is -0.108. The van der Waals surface area contributed by atoms with E-state index in [0.717, 1.165) is 15.8 Å². The Bertz CT molecular complexity index is 644. The van der Waals surface area contributed by atoms with Crippen LogP contribution in [0.4, 0.5) is 11.4 Å². The molecule has 0 spiro atoms. The van der Waals surface area contributed by atoms with Gasteiger partial charge in [-0.05, 0) is 58.7 Å². The summed E-state index contributed by atoms with van der Waals surface area (Å²) in [6.45, 7) is 2.32. The molecule has 2 aromatic rings. The second-order valence-corrected chi connectivity index (χ2v) is 5.56. The van der Waals surface area contributed by atoms with Gasteiger partial charge in [0.25, 0.3) is 0 Å². The summed E-state index contributed by atoms with van der Waals surface area (Å²) in [7, 11) is 0. The first kappa shape index (κ1) is 15.4. The summed E-state index contributed by atoms with van der Waals surface area (Å²) in [5.74, 6) is 0.626. The van der Waals surface area contributed by atoms with Gasteiger partial charge in [0.05, 0.1) is 17.5 Å². The zero-order valence-corrected chi connectivity index (χ0v) is 13.3. The third kappa shape index (κ3) is 4.79. The number of ether oxygens (including phenoxy) is 1. The first-order valence-corrected chi connectivity index (χ1v) is 7.38. The SMILES string of the molecule is Cc1ccc(OCCC(=O)Nc2cccc(N)c2)c(Br)c1. The van der Waals surface area contributed by atoms with Gasteiger partial charge in [0.15, 0.2) is 0 Å². The summed E-state index contributed by atoms with van der Waals surface area (Å²) < 4.78 is 6.48. The van der Waals surface area contributed by atoms with Crippen LogP contribution in [0.2, 0.25) is 0 Å². The van der Waals surface area contributed by atoms with E-state index in [2.05, 4.69) is 21.2 Å². The van der Waals surface area contributed by atoms with E-state index in [1.165, 1.54) is 0 Å². The van der Waals surface area contributed by atoms with Crippen LogP contribution in [0, 0.1) is 6.92 Å². The summed E-state index contributed by atoms with van der Waals surface area (Å²) in [6, 6.07) is 12.9. The molecule has 2 rings (SSSR count). The molecule has 0 fully saturated rings. The van der Waals surface area contributed by atoms with E-state index in [-0.39, 0.29) is 12.3 Å². The second-order valence-electron chi connectivity index (χ2n) is 4.71. The number of carbonyl (C=O) groups excluding carboxylic acids is 1. The highest BCUT2D eigenvalue weighted by atomic mass is 79.9. The normalized spacial score (nSPS) is 10.2. The molecule has 0 saturated heterocycles. The highest BCUT2D eigenvalue weighted by Crippen LogP contribution is 2.25. The molecule has 0 heterocycles. The zero-order valence-electron chi connectivity index (χ0n) is 11.7. The predicted octanol–water partition coefficient (Wildman–Crippen LogP) is 3.75. The Morgan fingerprint density at radius 1 is 1.29 bits per heavy atom. The zero-order chi connectivity index (χ0) is 15.2. The van der Waals surface area contributed by atoms with Crippen molar-refractivity contribution in [2.45, 2.75) is 13.3 Å². The summed E-state index contributed by atoms with van der Waals surface area (Å²) in [6.07, 6.45) is 0.273. The van der Waals surface area contributed by atoms with Crippen LogP contribution in [0.15, 0.2) is 46.9 Å². The van der Waals surface area contributed by atoms with E-state index >= 15 is 0 Å². The third-order valence-corrected chi connectivity index (χ3v) is 3.46. The maximum absolute atomic E-state index is 11.8. The fourth-order valence-electron chi connectivity index (χ4n) is 1.82. The summed E-state index contributed by atoms with van der Waals surface area (Å²) in [4.78, 5) is 11.8. The van der Waals surface area contributed by atoms with E-state index in [1.54, 1.807) is 24.3 Å². The number of rotatable bonds is 5. The van der Waals surface area contributed by atoms with Gasteiger partial charge in [0.2, 0.25) is 5.91 Å². The minimum Gasteiger partial charge on any atom is -0.492 e. The van der Waals surface area contributed by atoms with E-state index in [4.69, 9.17) is 10.5 Å². The maximum Gasteiger partial charge on any atom is 0.227 e. The predicted molar refractivity (Wildman–Crippen MR) is 88.5 cm³/mol. The molecule has 0 unspecified atom stereocenters. The highest BCUT2D eigenvalue weighted by molar-refractivity contribution is 9.10. The lowest BCUT2D eigenvalue weighted by Crippen LogP contribution is -2.15. The van der Waals surface area contributed by atoms with Gasteiger partial charge in [-0.1, -0.05) is 12.1 Å². The average Bonchev–Trinajstić information content (AvgIpc) is 2.41. The fourth-order valence-corrected chi connectivity index (χ4v) is 2.42. The molecule has 0 aliphatic carbocycles. The van der Waals surface area contributed by atoms with Crippen LogP contribution in [0.3, 0.4) is 0 Å². The van der Waals surface area contributed by atoms with Crippen molar-refractivity contribution in [2.24, 2.45) is 0 Å². The van der Waals surface area contributed by atoms with Gasteiger partial charge in [-0.25, -0.2) is 0 Å². The Balaban J connectivity index is 1.81.